The van der Waals surface area contributed by atoms with E-state index in [1.165, 1.54) is 4.57 Å². The molecule has 2 heterocycles. The number of hydrogen-bond acceptors (Lipinski definition) is 5. The first-order valence-corrected chi connectivity index (χ1v) is 11.8. The number of aromatic amines is 1. The number of benzene rings is 2. The van der Waals surface area contributed by atoms with Crippen LogP contribution in [0.5, 0.6) is 0 Å². The van der Waals surface area contributed by atoms with Gasteiger partial charge in [0.15, 0.2) is 0 Å². The largest absolute Gasteiger partial charge is 0.351 e. The fraction of sp³-hybridized carbons (Fsp3) is 0.296. The molecule has 1 aliphatic heterocycles. The van der Waals surface area contributed by atoms with Crippen LogP contribution in [0.4, 0.5) is 0 Å². The Kier molecular flexibility index (Phi) is 7.74. The van der Waals surface area contributed by atoms with Gasteiger partial charge < -0.3 is 19.8 Å². The van der Waals surface area contributed by atoms with E-state index in [1.54, 1.807) is 43.5 Å². The van der Waals surface area contributed by atoms with E-state index in [1.807, 2.05) is 30.3 Å². The Hall–Kier alpha value is -3.75. The van der Waals surface area contributed by atoms with Crippen molar-refractivity contribution in [1.29, 1.82) is 0 Å². The lowest BCUT2D eigenvalue weighted by Crippen LogP contribution is -2.52. The molecule has 0 spiro atoms. The van der Waals surface area contributed by atoms with Crippen molar-refractivity contribution >= 4 is 18.1 Å². The molecule has 182 valence electrons. The average Bonchev–Trinajstić information content (AvgIpc) is 2.87. The lowest BCUT2D eigenvalue weighted by Gasteiger charge is -2.32. The third kappa shape index (κ3) is 6.23. The monoisotopic (exact) mass is 473 g/mol. The molecule has 3 aromatic rings. The minimum absolute atomic E-state index is 0.129. The van der Waals surface area contributed by atoms with Gasteiger partial charge in [0.25, 0.3) is 17.0 Å². The van der Waals surface area contributed by atoms with E-state index >= 15 is 0 Å². The van der Waals surface area contributed by atoms with Gasteiger partial charge in [0.05, 0.1) is 0 Å². The SMILES string of the molecule is CN1CCN(CCNC(=O)c2ccc(/C=c3\[nH]c(=O)/c(=C/c4ccccc4)n(C)c3=O)cc2)CC1. The van der Waals surface area contributed by atoms with Gasteiger partial charge in [0.2, 0.25) is 0 Å². The van der Waals surface area contributed by atoms with E-state index in [4.69, 9.17) is 0 Å². The first-order chi connectivity index (χ1) is 16.9. The summed E-state index contributed by atoms with van der Waals surface area (Å²) in [5.41, 5.74) is 1.44. The zero-order valence-corrected chi connectivity index (χ0v) is 20.2. The normalized spacial score (nSPS) is 15.9. The Morgan fingerprint density at radius 2 is 1.57 bits per heavy atom. The average molecular weight is 474 g/mol. The number of aromatic nitrogens is 2. The van der Waals surface area contributed by atoms with Gasteiger partial charge in [-0.05, 0) is 42.5 Å². The Labute approximate surface area is 203 Å². The maximum Gasteiger partial charge on any atom is 0.274 e. The van der Waals surface area contributed by atoms with E-state index in [0.717, 1.165) is 38.3 Å². The number of likely N-dealkylation sites (N-methyl/N-ethyl adjacent to an activating group) is 1. The van der Waals surface area contributed by atoms with Crippen molar-refractivity contribution in [1.82, 2.24) is 24.7 Å². The molecular weight excluding hydrogens is 442 g/mol. The number of nitrogens with one attached hydrogen (secondary N) is 2. The number of nitrogens with zero attached hydrogens (tertiary/aromatic N) is 3. The van der Waals surface area contributed by atoms with Crippen LogP contribution in [0.2, 0.25) is 0 Å². The highest BCUT2D eigenvalue weighted by molar-refractivity contribution is 5.94. The second-order valence-electron chi connectivity index (χ2n) is 8.84. The van der Waals surface area contributed by atoms with E-state index in [-0.39, 0.29) is 27.7 Å². The maximum atomic E-state index is 12.8. The smallest absolute Gasteiger partial charge is 0.274 e. The molecule has 1 fully saturated rings. The van der Waals surface area contributed by atoms with Crippen molar-refractivity contribution in [3.05, 3.63) is 103 Å². The Bertz CT molecular complexity index is 1400. The van der Waals surface area contributed by atoms with Gasteiger partial charge in [-0.3, -0.25) is 19.3 Å². The Morgan fingerprint density at radius 3 is 2.26 bits per heavy atom. The summed E-state index contributed by atoms with van der Waals surface area (Å²) in [7, 11) is 3.70. The molecule has 2 aromatic carbocycles. The number of piperazine rings is 1. The highest BCUT2D eigenvalue weighted by atomic mass is 16.2. The van der Waals surface area contributed by atoms with Gasteiger partial charge in [-0.15, -0.1) is 0 Å². The van der Waals surface area contributed by atoms with Crippen LogP contribution in [0.15, 0.2) is 64.2 Å². The molecule has 0 bridgehead atoms. The molecular formula is C27H31N5O3. The van der Waals surface area contributed by atoms with Crippen molar-refractivity contribution in [2.45, 2.75) is 0 Å². The topological polar surface area (TPSA) is 90.4 Å². The van der Waals surface area contributed by atoms with Gasteiger partial charge in [-0.2, -0.15) is 0 Å². The van der Waals surface area contributed by atoms with Crippen LogP contribution >= 0.6 is 0 Å². The van der Waals surface area contributed by atoms with Gasteiger partial charge in [-0.25, -0.2) is 0 Å². The lowest BCUT2D eigenvalue weighted by molar-refractivity contribution is 0.0941. The van der Waals surface area contributed by atoms with E-state index in [2.05, 4.69) is 27.1 Å². The summed E-state index contributed by atoms with van der Waals surface area (Å²) < 4.78 is 1.35. The van der Waals surface area contributed by atoms with Crippen LogP contribution in [0, 0.1) is 0 Å². The standard InChI is InChI=1S/C27H31N5O3/c1-30-14-16-32(17-15-30)13-12-28-25(33)22-10-8-21(9-11-22)18-23-27(35)31(2)24(26(34)29-23)19-20-6-4-3-5-7-20/h3-11,18-19H,12-17H2,1-2H3,(H,28,33)(H,29,34)/b23-18-,24-19-. The second-order valence-corrected chi connectivity index (χ2v) is 8.84. The molecule has 1 aromatic heterocycles. The second kappa shape index (κ2) is 11.1. The first-order valence-electron chi connectivity index (χ1n) is 11.8. The zero-order valence-electron chi connectivity index (χ0n) is 20.2. The van der Waals surface area contributed by atoms with Crippen molar-refractivity contribution in [3.63, 3.8) is 0 Å². The molecule has 2 N–H and O–H groups in total. The van der Waals surface area contributed by atoms with Crippen LogP contribution in [-0.2, 0) is 7.05 Å². The molecule has 0 radical (unpaired) electrons. The maximum absolute atomic E-state index is 12.8. The molecule has 8 nitrogen and oxygen atoms in total. The van der Waals surface area contributed by atoms with Gasteiger partial charge in [-0.1, -0.05) is 42.5 Å². The summed E-state index contributed by atoms with van der Waals surface area (Å²) in [4.78, 5) is 45.3. The molecule has 1 aliphatic rings. The van der Waals surface area contributed by atoms with Gasteiger partial charge in [0, 0.05) is 51.9 Å². The van der Waals surface area contributed by atoms with Crippen LogP contribution in [-0.4, -0.2) is 71.6 Å². The molecule has 0 unspecified atom stereocenters. The van der Waals surface area contributed by atoms with Crippen LogP contribution in [0.3, 0.4) is 0 Å². The summed E-state index contributed by atoms with van der Waals surface area (Å²) in [5, 5.41) is 3.43. The number of carbonyl (C=O) groups excluding carboxylic acids is 1. The van der Waals surface area contributed by atoms with Crippen molar-refractivity contribution < 1.29 is 4.79 Å². The Morgan fingerprint density at radius 1 is 0.914 bits per heavy atom. The molecule has 0 aliphatic carbocycles. The van der Waals surface area contributed by atoms with Crippen LogP contribution in [0.1, 0.15) is 21.5 Å². The van der Waals surface area contributed by atoms with Gasteiger partial charge in [0.1, 0.15) is 10.7 Å². The highest BCUT2D eigenvalue weighted by Crippen LogP contribution is 2.05. The van der Waals surface area contributed by atoms with Crippen molar-refractivity contribution in [2.24, 2.45) is 7.05 Å². The summed E-state index contributed by atoms with van der Waals surface area (Å²) in [5.74, 6) is -0.129. The third-order valence-electron chi connectivity index (χ3n) is 6.27. The summed E-state index contributed by atoms with van der Waals surface area (Å²) in [6.07, 6.45) is 3.30. The quantitative estimate of drug-likeness (QED) is 0.514. The zero-order chi connectivity index (χ0) is 24.8. The molecule has 1 amide bonds. The molecule has 1 saturated heterocycles. The molecule has 35 heavy (non-hydrogen) atoms. The predicted octanol–water partition coefficient (Wildman–Crippen LogP) is -0.292. The lowest BCUT2D eigenvalue weighted by atomic mass is 10.1. The molecule has 0 atom stereocenters. The summed E-state index contributed by atoms with van der Waals surface area (Å²) in [6, 6.07) is 16.3. The van der Waals surface area contributed by atoms with Crippen molar-refractivity contribution in [2.75, 3.05) is 46.3 Å². The Balaban J connectivity index is 1.46. The number of carbonyl (C=O) groups is 1. The predicted molar refractivity (Wildman–Crippen MR) is 138 cm³/mol. The number of amides is 1. The fourth-order valence-electron chi connectivity index (χ4n) is 4.05. The summed E-state index contributed by atoms with van der Waals surface area (Å²) in [6.45, 7) is 5.57. The van der Waals surface area contributed by atoms with Crippen LogP contribution in [0.25, 0.3) is 12.2 Å². The number of rotatable bonds is 6. The van der Waals surface area contributed by atoms with Crippen molar-refractivity contribution in [3.8, 4) is 0 Å². The third-order valence-corrected chi connectivity index (χ3v) is 6.27. The minimum Gasteiger partial charge on any atom is -0.351 e. The number of hydrogen-bond donors (Lipinski definition) is 2. The van der Waals surface area contributed by atoms with Gasteiger partial charge >= 0.3 is 0 Å². The minimum atomic E-state index is -0.349. The number of H-pyrrole nitrogens is 1. The van der Waals surface area contributed by atoms with E-state index < -0.39 is 0 Å². The first kappa shape index (κ1) is 24.4. The molecule has 8 heteroatoms. The van der Waals surface area contributed by atoms with Crippen LogP contribution < -0.4 is 27.1 Å². The van der Waals surface area contributed by atoms with E-state index in [9.17, 15) is 14.4 Å². The highest BCUT2D eigenvalue weighted by Gasteiger charge is 2.13. The molecule has 0 saturated carbocycles. The van der Waals surface area contributed by atoms with E-state index in [0.29, 0.717) is 17.7 Å². The summed E-state index contributed by atoms with van der Waals surface area (Å²) >= 11 is 0. The fourth-order valence-corrected chi connectivity index (χ4v) is 4.05. The molecule has 4 rings (SSSR count).